The maximum absolute atomic E-state index is 12.3. The first-order chi connectivity index (χ1) is 11.0. The Labute approximate surface area is 131 Å². The number of methoxy groups -OCH3 is 1. The van der Waals surface area contributed by atoms with Crippen molar-refractivity contribution >= 4 is 23.5 Å². The Hall–Kier alpha value is -3.35. The molecule has 0 radical (unpaired) electrons. The molecule has 0 aromatic heterocycles. The van der Waals surface area contributed by atoms with Crippen LogP contribution < -0.4 is 10.1 Å². The summed E-state index contributed by atoms with van der Waals surface area (Å²) in [7, 11) is 1.40. The lowest BCUT2D eigenvalue weighted by molar-refractivity contribution is 0.0652. The Kier molecular flexibility index (Phi) is 4.61. The molecule has 0 unspecified atom stereocenters. The normalized spacial score (nSPS) is 9.96. The smallest absolute Gasteiger partial charge is 0.338 e. The predicted molar refractivity (Wildman–Crippen MR) is 81.3 cm³/mol. The number of hydrogen-bond acceptors (Lipinski definition) is 4. The van der Waals surface area contributed by atoms with E-state index in [1.54, 1.807) is 18.2 Å². The topological polar surface area (TPSA) is 113 Å². The predicted octanol–water partition coefficient (Wildman–Crippen LogP) is 2.34. The lowest BCUT2D eigenvalue weighted by atomic mass is 10.0. The molecule has 0 aliphatic rings. The zero-order chi connectivity index (χ0) is 17.0. The third-order valence-corrected chi connectivity index (χ3v) is 3.11. The van der Waals surface area contributed by atoms with Crippen molar-refractivity contribution in [2.45, 2.75) is 0 Å². The van der Waals surface area contributed by atoms with Crippen LogP contribution in [-0.2, 0) is 0 Å². The Morgan fingerprint density at radius 1 is 0.913 bits per heavy atom. The minimum atomic E-state index is -1.45. The van der Waals surface area contributed by atoms with E-state index in [0.29, 0.717) is 5.75 Å². The molecule has 0 saturated heterocycles. The third-order valence-electron chi connectivity index (χ3n) is 3.11. The first-order valence-corrected chi connectivity index (χ1v) is 6.49. The number of anilines is 1. The van der Waals surface area contributed by atoms with Crippen LogP contribution >= 0.6 is 0 Å². The van der Waals surface area contributed by atoms with E-state index in [1.807, 2.05) is 0 Å². The summed E-state index contributed by atoms with van der Waals surface area (Å²) in [4.78, 5) is 34.8. The minimum Gasteiger partial charge on any atom is -0.496 e. The molecule has 2 aromatic carbocycles. The fourth-order valence-corrected chi connectivity index (χ4v) is 2.09. The van der Waals surface area contributed by atoms with Crippen molar-refractivity contribution in [3.63, 3.8) is 0 Å². The van der Waals surface area contributed by atoms with Crippen molar-refractivity contribution in [2.75, 3.05) is 12.4 Å². The van der Waals surface area contributed by atoms with Crippen molar-refractivity contribution in [3.05, 3.63) is 59.2 Å². The number of ether oxygens (including phenoxy) is 1. The summed E-state index contributed by atoms with van der Waals surface area (Å²) in [6.07, 6.45) is 0. The molecule has 0 saturated carbocycles. The molecule has 23 heavy (non-hydrogen) atoms. The fraction of sp³-hybridized carbons (Fsp3) is 0.0625. The summed E-state index contributed by atoms with van der Waals surface area (Å²) in [5.74, 6) is -3.13. The molecule has 2 aromatic rings. The molecule has 0 aliphatic heterocycles. The van der Waals surface area contributed by atoms with Crippen LogP contribution in [-0.4, -0.2) is 35.2 Å². The van der Waals surface area contributed by atoms with Crippen molar-refractivity contribution in [1.82, 2.24) is 0 Å². The number of hydrogen-bond donors (Lipinski definition) is 3. The van der Waals surface area contributed by atoms with Crippen LogP contribution in [0.15, 0.2) is 42.5 Å². The van der Waals surface area contributed by atoms with Crippen molar-refractivity contribution < 1.29 is 29.3 Å². The molecule has 0 aliphatic carbocycles. The van der Waals surface area contributed by atoms with Gasteiger partial charge in [-0.3, -0.25) is 4.79 Å². The molecule has 0 heterocycles. The summed E-state index contributed by atoms with van der Waals surface area (Å²) < 4.78 is 5.07. The van der Waals surface area contributed by atoms with Crippen molar-refractivity contribution in [2.24, 2.45) is 0 Å². The van der Waals surface area contributed by atoms with Gasteiger partial charge < -0.3 is 20.3 Å². The lowest BCUT2D eigenvalue weighted by Gasteiger charge is -2.12. The van der Waals surface area contributed by atoms with E-state index in [0.717, 1.165) is 6.07 Å². The second kappa shape index (κ2) is 6.61. The van der Waals surface area contributed by atoms with Crippen LogP contribution in [0.25, 0.3) is 0 Å². The Morgan fingerprint density at radius 2 is 1.57 bits per heavy atom. The summed E-state index contributed by atoms with van der Waals surface area (Å²) in [6.45, 7) is 0. The second-order valence-corrected chi connectivity index (χ2v) is 4.49. The molecule has 3 N–H and O–H groups in total. The first kappa shape index (κ1) is 16.0. The van der Waals surface area contributed by atoms with E-state index >= 15 is 0 Å². The molecular weight excluding hydrogens is 302 g/mol. The van der Waals surface area contributed by atoms with Gasteiger partial charge in [0.2, 0.25) is 0 Å². The highest BCUT2D eigenvalue weighted by Crippen LogP contribution is 2.23. The standard InChI is InChI=1S/C16H13NO6/c1-23-12-8-3-2-5-9(12)14(18)17-11-7-4-6-10(15(19)20)13(11)16(21)22/h2-8H,1H3,(H,17,18)(H,19,20)(H,21,22). The van der Waals surface area contributed by atoms with Gasteiger partial charge in [-0.05, 0) is 24.3 Å². The Balaban J connectivity index is 2.44. The number of carboxylic acid groups (broad SMARTS) is 2. The summed E-state index contributed by atoms with van der Waals surface area (Å²) in [5.41, 5.74) is -0.793. The number of aromatic carboxylic acids is 2. The van der Waals surface area contributed by atoms with Gasteiger partial charge in [-0.15, -0.1) is 0 Å². The molecule has 0 atom stereocenters. The molecule has 0 fully saturated rings. The molecule has 1 amide bonds. The average molecular weight is 315 g/mol. The van der Waals surface area contributed by atoms with Crippen LogP contribution in [0.1, 0.15) is 31.1 Å². The molecule has 0 spiro atoms. The largest absolute Gasteiger partial charge is 0.496 e. The van der Waals surface area contributed by atoms with Gasteiger partial charge >= 0.3 is 11.9 Å². The fourth-order valence-electron chi connectivity index (χ4n) is 2.09. The lowest BCUT2D eigenvalue weighted by Crippen LogP contribution is -2.18. The van der Waals surface area contributed by atoms with Gasteiger partial charge in [0.05, 0.1) is 29.5 Å². The third kappa shape index (κ3) is 3.29. The van der Waals surface area contributed by atoms with Gasteiger partial charge in [-0.25, -0.2) is 9.59 Å². The highest BCUT2D eigenvalue weighted by molar-refractivity contribution is 6.12. The van der Waals surface area contributed by atoms with Gasteiger partial charge in [0.25, 0.3) is 5.91 Å². The molecule has 118 valence electrons. The second-order valence-electron chi connectivity index (χ2n) is 4.49. The number of carbonyl (C=O) groups excluding carboxylic acids is 1. The minimum absolute atomic E-state index is 0.103. The monoisotopic (exact) mass is 315 g/mol. The number of carbonyl (C=O) groups is 3. The van der Waals surface area contributed by atoms with E-state index in [2.05, 4.69) is 5.32 Å². The van der Waals surface area contributed by atoms with Gasteiger partial charge in [0.1, 0.15) is 5.75 Å². The van der Waals surface area contributed by atoms with Crippen LogP contribution in [0.3, 0.4) is 0 Å². The van der Waals surface area contributed by atoms with Gasteiger partial charge in [0.15, 0.2) is 0 Å². The summed E-state index contributed by atoms with van der Waals surface area (Å²) in [6, 6.07) is 10.2. The van der Waals surface area contributed by atoms with Crippen LogP contribution in [0.4, 0.5) is 5.69 Å². The zero-order valence-corrected chi connectivity index (χ0v) is 12.1. The molecule has 0 bridgehead atoms. The van der Waals surface area contributed by atoms with Crippen LogP contribution in [0.5, 0.6) is 5.75 Å². The van der Waals surface area contributed by atoms with Gasteiger partial charge in [-0.1, -0.05) is 18.2 Å². The number of benzene rings is 2. The molecule has 2 rings (SSSR count). The number of nitrogens with one attached hydrogen (secondary N) is 1. The average Bonchev–Trinajstić information content (AvgIpc) is 2.54. The van der Waals surface area contributed by atoms with Crippen LogP contribution in [0.2, 0.25) is 0 Å². The van der Waals surface area contributed by atoms with E-state index in [-0.39, 0.29) is 11.3 Å². The van der Waals surface area contributed by atoms with E-state index < -0.39 is 29.0 Å². The number of rotatable bonds is 5. The highest BCUT2D eigenvalue weighted by atomic mass is 16.5. The summed E-state index contributed by atoms with van der Waals surface area (Å²) in [5, 5.41) is 20.7. The number of para-hydroxylation sites is 1. The maximum Gasteiger partial charge on any atom is 0.338 e. The van der Waals surface area contributed by atoms with Crippen molar-refractivity contribution in [1.29, 1.82) is 0 Å². The first-order valence-electron chi connectivity index (χ1n) is 6.49. The highest BCUT2D eigenvalue weighted by Gasteiger charge is 2.22. The van der Waals surface area contributed by atoms with E-state index in [4.69, 9.17) is 9.84 Å². The molecule has 7 heteroatoms. The maximum atomic E-state index is 12.3. The Morgan fingerprint density at radius 3 is 2.17 bits per heavy atom. The van der Waals surface area contributed by atoms with E-state index in [9.17, 15) is 19.5 Å². The van der Waals surface area contributed by atoms with Crippen molar-refractivity contribution in [3.8, 4) is 5.75 Å². The number of carboxylic acids is 2. The molecular formula is C16H13NO6. The Bertz CT molecular complexity index is 784. The van der Waals surface area contributed by atoms with E-state index in [1.165, 1.54) is 25.3 Å². The number of amides is 1. The summed E-state index contributed by atoms with van der Waals surface area (Å²) >= 11 is 0. The quantitative estimate of drug-likeness (QED) is 0.780. The molecule has 7 nitrogen and oxygen atoms in total. The van der Waals surface area contributed by atoms with Gasteiger partial charge in [-0.2, -0.15) is 0 Å². The zero-order valence-electron chi connectivity index (χ0n) is 12.1. The van der Waals surface area contributed by atoms with Gasteiger partial charge in [0, 0.05) is 0 Å². The SMILES string of the molecule is COc1ccccc1C(=O)Nc1cccc(C(=O)O)c1C(=O)O. The van der Waals surface area contributed by atoms with Crippen LogP contribution in [0, 0.1) is 0 Å².